The van der Waals surface area contributed by atoms with Crippen LogP contribution in [0.3, 0.4) is 0 Å². The van der Waals surface area contributed by atoms with Crippen molar-refractivity contribution in [1.82, 2.24) is 15.5 Å². The minimum Gasteiger partial charge on any atom is -0.384 e. The zero-order chi connectivity index (χ0) is 29.4. The Labute approximate surface area is 241 Å². The average Bonchev–Trinajstić information content (AvgIpc) is 2.98. The molecule has 0 radical (unpaired) electrons. The molecule has 10 heteroatoms. The predicted octanol–water partition coefficient (Wildman–Crippen LogP) is 3.22. The predicted molar refractivity (Wildman–Crippen MR) is 158 cm³/mol. The van der Waals surface area contributed by atoms with Crippen molar-refractivity contribution in [1.29, 1.82) is 10.8 Å². The summed E-state index contributed by atoms with van der Waals surface area (Å²) in [5, 5.41) is 21.4. The minimum atomic E-state index is -0.839. The molecule has 2 aromatic carbocycles. The highest BCUT2D eigenvalue weighted by molar-refractivity contribution is 5.95. The lowest BCUT2D eigenvalue weighted by atomic mass is 9.82. The van der Waals surface area contributed by atoms with Crippen molar-refractivity contribution in [2.75, 3.05) is 19.6 Å². The first-order chi connectivity index (χ1) is 19.7. The van der Waals surface area contributed by atoms with Gasteiger partial charge in [0.2, 0.25) is 11.8 Å². The van der Waals surface area contributed by atoms with Gasteiger partial charge < -0.3 is 27.0 Å². The molecule has 0 aromatic heterocycles. The first-order valence-corrected chi connectivity index (χ1v) is 14.6. The fourth-order valence-corrected chi connectivity index (χ4v) is 6.01. The van der Waals surface area contributed by atoms with Gasteiger partial charge in [-0.3, -0.25) is 20.4 Å². The SMILES string of the molecule is N=C(N)c1ccc(CC(C(=O)N[C@H](C(=O)NCC2CCN(C(=N)N)CC2)C2CCCCC2)c2ccccc2F)cc1. The third-order valence-corrected chi connectivity index (χ3v) is 8.52. The maximum atomic E-state index is 15.0. The van der Waals surface area contributed by atoms with E-state index in [0.29, 0.717) is 25.2 Å². The Balaban J connectivity index is 1.50. The third kappa shape index (κ3) is 8.05. The van der Waals surface area contributed by atoms with E-state index in [2.05, 4.69) is 10.6 Å². The van der Waals surface area contributed by atoms with Crippen molar-refractivity contribution in [3.8, 4) is 0 Å². The number of benzene rings is 2. The second-order valence-electron chi connectivity index (χ2n) is 11.3. The molecular formula is C31H42FN7O2. The Morgan fingerprint density at radius 1 is 0.927 bits per heavy atom. The molecule has 2 aliphatic rings. The van der Waals surface area contributed by atoms with E-state index in [9.17, 15) is 14.0 Å². The van der Waals surface area contributed by atoms with Gasteiger partial charge in [0, 0.05) is 30.8 Å². The van der Waals surface area contributed by atoms with Gasteiger partial charge in [-0.05, 0) is 55.6 Å². The van der Waals surface area contributed by atoms with E-state index in [1.54, 1.807) is 42.5 Å². The topological polar surface area (TPSA) is 161 Å². The summed E-state index contributed by atoms with van der Waals surface area (Å²) in [5.41, 5.74) is 12.8. The van der Waals surface area contributed by atoms with Crippen LogP contribution in [0.15, 0.2) is 48.5 Å². The van der Waals surface area contributed by atoms with Crippen LogP contribution in [-0.2, 0) is 16.0 Å². The summed E-state index contributed by atoms with van der Waals surface area (Å²) in [5.74, 6) is -1.57. The molecular weight excluding hydrogens is 521 g/mol. The van der Waals surface area contributed by atoms with Gasteiger partial charge >= 0.3 is 0 Å². The highest BCUT2D eigenvalue weighted by atomic mass is 19.1. The molecule has 2 aromatic rings. The summed E-state index contributed by atoms with van der Waals surface area (Å²) in [6.07, 6.45) is 6.73. The molecule has 2 amide bonds. The van der Waals surface area contributed by atoms with Gasteiger partial charge in [-0.1, -0.05) is 61.7 Å². The van der Waals surface area contributed by atoms with Gasteiger partial charge in [0.1, 0.15) is 17.7 Å². The number of hydrogen-bond acceptors (Lipinski definition) is 4. The number of nitrogens with two attached hydrogens (primary N) is 2. The molecule has 2 fully saturated rings. The quantitative estimate of drug-likeness (QED) is 0.193. The number of carbonyl (C=O) groups excluding carboxylic acids is 2. The first kappa shape index (κ1) is 30.0. The van der Waals surface area contributed by atoms with Crippen molar-refractivity contribution in [3.05, 3.63) is 71.0 Å². The van der Waals surface area contributed by atoms with E-state index in [-0.39, 0.29) is 47.4 Å². The second kappa shape index (κ2) is 14.1. The number of amidine groups is 1. The summed E-state index contributed by atoms with van der Waals surface area (Å²) in [6, 6.07) is 12.6. The monoisotopic (exact) mass is 563 g/mol. The van der Waals surface area contributed by atoms with Crippen molar-refractivity contribution < 1.29 is 14.0 Å². The number of hydrogen-bond donors (Lipinski definition) is 6. The van der Waals surface area contributed by atoms with Gasteiger partial charge in [0.25, 0.3) is 0 Å². The molecule has 9 nitrogen and oxygen atoms in total. The molecule has 4 rings (SSSR count). The number of nitrogens with one attached hydrogen (secondary N) is 4. The normalized spacial score (nSPS) is 17.8. The van der Waals surface area contributed by atoms with Gasteiger partial charge in [-0.2, -0.15) is 0 Å². The van der Waals surface area contributed by atoms with Crippen LogP contribution in [0.4, 0.5) is 4.39 Å². The number of rotatable bonds is 10. The highest BCUT2D eigenvalue weighted by Gasteiger charge is 2.34. The van der Waals surface area contributed by atoms with Gasteiger partial charge in [-0.25, -0.2) is 4.39 Å². The molecule has 1 unspecified atom stereocenters. The van der Waals surface area contributed by atoms with Gasteiger partial charge in [-0.15, -0.1) is 0 Å². The summed E-state index contributed by atoms with van der Waals surface area (Å²) in [4.78, 5) is 29.3. The molecule has 2 atom stereocenters. The molecule has 41 heavy (non-hydrogen) atoms. The van der Waals surface area contributed by atoms with E-state index in [0.717, 1.165) is 50.5 Å². The number of nitrogen functional groups attached to an aromatic ring is 1. The van der Waals surface area contributed by atoms with Crippen molar-refractivity contribution in [2.24, 2.45) is 23.3 Å². The third-order valence-electron chi connectivity index (χ3n) is 8.52. The van der Waals surface area contributed by atoms with Crippen molar-refractivity contribution in [3.63, 3.8) is 0 Å². The van der Waals surface area contributed by atoms with Crippen LogP contribution in [-0.4, -0.2) is 54.2 Å². The fraction of sp³-hybridized carbons (Fsp3) is 0.484. The lowest BCUT2D eigenvalue weighted by Crippen LogP contribution is -2.53. The van der Waals surface area contributed by atoms with Gasteiger partial charge in [0.05, 0.1) is 5.92 Å². The van der Waals surface area contributed by atoms with E-state index >= 15 is 0 Å². The van der Waals surface area contributed by atoms with Crippen molar-refractivity contribution >= 4 is 23.6 Å². The molecule has 0 spiro atoms. The Bertz CT molecular complexity index is 1220. The Morgan fingerprint density at radius 2 is 1.59 bits per heavy atom. The molecule has 1 aliphatic heterocycles. The largest absolute Gasteiger partial charge is 0.384 e. The minimum absolute atomic E-state index is 0.0170. The van der Waals surface area contributed by atoms with Crippen LogP contribution in [0.5, 0.6) is 0 Å². The van der Waals surface area contributed by atoms with E-state index in [4.69, 9.17) is 22.3 Å². The van der Waals surface area contributed by atoms with Crippen LogP contribution in [0, 0.1) is 28.5 Å². The highest BCUT2D eigenvalue weighted by Crippen LogP contribution is 2.29. The molecule has 0 bridgehead atoms. The molecule has 220 valence electrons. The Morgan fingerprint density at radius 3 is 2.20 bits per heavy atom. The molecule has 1 saturated carbocycles. The molecule has 1 aliphatic carbocycles. The zero-order valence-corrected chi connectivity index (χ0v) is 23.5. The van der Waals surface area contributed by atoms with E-state index in [1.807, 2.05) is 4.90 Å². The zero-order valence-electron chi connectivity index (χ0n) is 23.5. The van der Waals surface area contributed by atoms with Crippen molar-refractivity contribution in [2.45, 2.75) is 63.3 Å². The molecule has 8 N–H and O–H groups in total. The standard InChI is InChI=1S/C31H42FN7O2/c32-26-9-5-4-8-24(26)25(18-20-10-12-23(13-11-20)28(33)34)29(40)38-27(22-6-2-1-3-7-22)30(41)37-19-21-14-16-39(17-15-21)31(35)36/h4-5,8-13,21-22,25,27H,1-3,6-7,14-19H2,(H3,33,34)(H3,35,36)(H,37,41)(H,38,40)/t25?,27-/m0/s1. The summed E-state index contributed by atoms with van der Waals surface area (Å²) in [6.45, 7) is 1.88. The first-order valence-electron chi connectivity index (χ1n) is 14.6. The Kier molecular flexibility index (Phi) is 10.3. The number of piperidine rings is 1. The number of halogens is 1. The summed E-state index contributed by atoms with van der Waals surface area (Å²) < 4.78 is 15.0. The van der Waals surface area contributed by atoms with Gasteiger partial charge in [0.15, 0.2) is 5.96 Å². The van der Waals surface area contributed by atoms with Crippen LogP contribution >= 0.6 is 0 Å². The smallest absolute Gasteiger partial charge is 0.242 e. The van der Waals surface area contributed by atoms with Crippen LogP contribution in [0.25, 0.3) is 0 Å². The van der Waals surface area contributed by atoms with E-state index in [1.165, 1.54) is 6.07 Å². The summed E-state index contributed by atoms with van der Waals surface area (Å²) in [7, 11) is 0. The molecule has 1 heterocycles. The second-order valence-corrected chi connectivity index (χ2v) is 11.3. The average molecular weight is 564 g/mol. The summed E-state index contributed by atoms with van der Waals surface area (Å²) >= 11 is 0. The van der Waals surface area contributed by atoms with E-state index < -0.39 is 17.8 Å². The number of nitrogens with zero attached hydrogens (tertiary/aromatic N) is 1. The van der Waals surface area contributed by atoms with Crippen LogP contribution in [0.1, 0.15) is 67.6 Å². The number of carbonyl (C=O) groups is 2. The van der Waals surface area contributed by atoms with Crippen LogP contribution in [0.2, 0.25) is 0 Å². The lowest BCUT2D eigenvalue weighted by molar-refractivity contribution is -0.131. The fourth-order valence-electron chi connectivity index (χ4n) is 6.01. The maximum Gasteiger partial charge on any atom is 0.242 e. The Hall–Kier alpha value is -3.95. The maximum absolute atomic E-state index is 15.0. The van der Waals surface area contributed by atoms with Crippen LogP contribution < -0.4 is 22.1 Å². The number of guanidine groups is 1. The number of likely N-dealkylation sites (tertiary alicyclic amines) is 1. The lowest BCUT2D eigenvalue weighted by Gasteiger charge is -2.34. The molecule has 1 saturated heterocycles. The number of amides is 2.